The number of hydrogen-bond donors (Lipinski definition) is 0. The maximum Gasteiger partial charge on any atom is 0.422 e. The van der Waals surface area contributed by atoms with Crippen molar-refractivity contribution in [1.29, 1.82) is 5.26 Å². The number of rotatable bonds is 9. The second-order valence-corrected chi connectivity index (χ2v) is 7.78. The molecule has 0 saturated heterocycles. The molecule has 8 heteroatoms. The molecule has 0 saturated carbocycles. The number of ether oxygens (including phenoxy) is 3. The molecular weight excluding hydrogens is 469 g/mol. The van der Waals surface area contributed by atoms with Crippen LogP contribution in [0.15, 0.2) is 91.0 Å². The number of aromatic nitrogens is 1. The van der Waals surface area contributed by atoms with Crippen LogP contribution < -0.4 is 14.2 Å². The van der Waals surface area contributed by atoms with Crippen LogP contribution in [-0.2, 0) is 13.2 Å². The number of hydrogen-bond acceptors (Lipinski definition) is 5. The Hall–Kier alpha value is -4.51. The summed E-state index contributed by atoms with van der Waals surface area (Å²) >= 11 is 0. The van der Waals surface area contributed by atoms with Gasteiger partial charge in [-0.05, 0) is 35.4 Å². The highest BCUT2D eigenvalue weighted by atomic mass is 19.4. The lowest BCUT2D eigenvalue weighted by Crippen LogP contribution is -2.19. The fraction of sp³-hybridized carbons (Fsp3) is 0.143. The summed E-state index contributed by atoms with van der Waals surface area (Å²) in [6.07, 6.45) is -4.54. The highest BCUT2D eigenvalue weighted by molar-refractivity contribution is 5.75. The molecule has 0 aliphatic heterocycles. The zero-order valence-electron chi connectivity index (χ0n) is 19.0. The van der Waals surface area contributed by atoms with Crippen molar-refractivity contribution < 1.29 is 27.4 Å². The van der Waals surface area contributed by atoms with Gasteiger partial charge in [0.05, 0.1) is 11.6 Å². The Bertz CT molecular complexity index is 1340. The molecule has 1 aromatic heterocycles. The van der Waals surface area contributed by atoms with E-state index in [0.717, 1.165) is 11.1 Å². The zero-order chi connectivity index (χ0) is 25.4. The lowest BCUT2D eigenvalue weighted by Gasteiger charge is -2.17. The van der Waals surface area contributed by atoms with Gasteiger partial charge in [-0.25, -0.2) is 0 Å². The summed E-state index contributed by atoms with van der Waals surface area (Å²) < 4.78 is 55.5. The van der Waals surface area contributed by atoms with Crippen LogP contribution in [0.3, 0.4) is 0 Å². The summed E-state index contributed by atoms with van der Waals surface area (Å²) in [6.45, 7) is -1.04. The van der Waals surface area contributed by atoms with E-state index in [2.05, 4.69) is 4.98 Å². The van der Waals surface area contributed by atoms with E-state index in [-0.39, 0.29) is 36.3 Å². The molecule has 5 nitrogen and oxygen atoms in total. The van der Waals surface area contributed by atoms with Gasteiger partial charge in [0.25, 0.3) is 0 Å². The summed E-state index contributed by atoms with van der Waals surface area (Å²) in [5.41, 5.74) is 2.71. The molecule has 0 atom stereocenters. The van der Waals surface area contributed by atoms with Gasteiger partial charge in [-0.15, -0.1) is 0 Å². The highest BCUT2D eigenvalue weighted by Gasteiger charge is 2.29. The molecule has 4 rings (SSSR count). The lowest BCUT2D eigenvalue weighted by atomic mass is 10.0. The third-order valence-electron chi connectivity index (χ3n) is 5.07. The summed E-state index contributed by atoms with van der Waals surface area (Å²) in [5, 5.41) is 9.22. The van der Waals surface area contributed by atoms with Gasteiger partial charge in [-0.1, -0.05) is 60.7 Å². The minimum atomic E-state index is -4.54. The van der Waals surface area contributed by atoms with E-state index in [1.807, 2.05) is 66.7 Å². The first-order chi connectivity index (χ1) is 17.4. The molecule has 182 valence electrons. The molecule has 0 aliphatic rings. The van der Waals surface area contributed by atoms with Crippen LogP contribution in [0.5, 0.6) is 17.5 Å². The first kappa shape index (κ1) is 24.6. The molecule has 0 spiro atoms. The fourth-order valence-electron chi connectivity index (χ4n) is 3.37. The van der Waals surface area contributed by atoms with Crippen LogP contribution in [0, 0.1) is 11.3 Å². The molecule has 0 radical (unpaired) electrons. The highest BCUT2D eigenvalue weighted by Crippen LogP contribution is 2.38. The minimum Gasteiger partial charge on any atom is -0.483 e. The van der Waals surface area contributed by atoms with Gasteiger partial charge >= 0.3 is 6.18 Å². The Morgan fingerprint density at radius 2 is 1.33 bits per heavy atom. The molecule has 0 unspecified atom stereocenters. The molecule has 0 amide bonds. The lowest BCUT2D eigenvalue weighted by molar-refractivity contribution is -0.153. The number of halogens is 3. The number of pyridine rings is 1. The van der Waals surface area contributed by atoms with Crippen molar-refractivity contribution >= 4 is 0 Å². The third-order valence-corrected chi connectivity index (χ3v) is 5.07. The van der Waals surface area contributed by atoms with E-state index >= 15 is 0 Å². The van der Waals surface area contributed by atoms with Gasteiger partial charge in [0.1, 0.15) is 19.0 Å². The SMILES string of the molecule is N#Cc1ccc(-c2ccc(OCc3ccccc3)nc2OCc2ccccc2)c(OCC(F)(F)F)c1. The number of nitrogens with zero attached hydrogens (tertiary/aromatic N) is 2. The third kappa shape index (κ3) is 6.76. The van der Waals surface area contributed by atoms with Gasteiger partial charge in [0.2, 0.25) is 11.8 Å². The van der Waals surface area contributed by atoms with Crippen molar-refractivity contribution in [2.45, 2.75) is 19.4 Å². The van der Waals surface area contributed by atoms with Gasteiger partial charge in [-0.3, -0.25) is 0 Å². The molecule has 0 fully saturated rings. The van der Waals surface area contributed by atoms with Crippen molar-refractivity contribution in [3.63, 3.8) is 0 Å². The average molecular weight is 490 g/mol. The Kier molecular flexibility index (Phi) is 7.71. The van der Waals surface area contributed by atoms with Gasteiger partial charge in [0, 0.05) is 17.2 Å². The van der Waals surface area contributed by atoms with Gasteiger partial charge in [-0.2, -0.15) is 23.4 Å². The topological polar surface area (TPSA) is 64.4 Å². The Balaban J connectivity index is 1.68. The van der Waals surface area contributed by atoms with E-state index in [1.54, 1.807) is 12.1 Å². The standard InChI is InChI=1S/C28H21F3N2O3/c29-28(30,31)19-36-25-15-22(16-32)11-12-23(25)24-13-14-26(34-17-20-7-3-1-4-8-20)33-27(24)35-18-21-9-5-2-6-10-21/h1-15H,17-19H2. The molecule has 1 heterocycles. The maximum atomic E-state index is 12.9. The van der Waals surface area contributed by atoms with E-state index < -0.39 is 12.8 Å². The number of benzene rings is 3. The second kappa shape index (κ2) is 11.3. The van der Waals surface area contributed by atoms with Crippen molar-refractivity contribution in [3.8, 4) is 34.7 Å². The van der Waals surface area contributed by atoms with Crippen molar-refractivity contribution in [3.05, 3.63) is 108 Å². The predicted molar refractivity (Wildman–Crippen MR) is 127 cm³/mol. The zero-order valence-corrected chi connectivity index (χ0v) is 19.0. The molecule has 0 bridgehead atoms. The fourth-order valence-corrected chi connectivity index (χ4v) is 3.37. The molecule has 0 aliphatic carbocycles. The average Bonchev–Trinajstić information content (AvgIpc) is 2.90. The van der Waals surface area contributed by atoms with Gasteiger partial charge < -0.3 is 14.2 Å². The Labute approximate surface area is 206 Å². The monoisotopic (exact) mass is 490 g/mol. The first-order valence-corrected chi connectivity index (χ1v) is 11.0. The van der Waals surface area contributed by atoms with Crippen LogP contribution in [-0.4, -0.2) is 17.8 Å². The summed E-state index contributed by atoms with van der Waals surface area (Å²) in [6, 6.07) is 28.4. The maximum absolute atomic E-state index is 12.9. The number of nitriles is 1. The van der Waals surface area contributed by atoms with Crippen molar-refractivity contribution in [2.24, 2.45) is 0 Å². The van der Waals surface area contributed by atoms with Gasteiger partial charge in [0.15, 0.2) is 6.61 Å². The smallest absolute Gasteiger partial charge is 0.422 e. The predicted octanol–water partition coefficient (Wildman–Crippen LogP) is 6.72. The van der Waals surface area contributed by atoms with Crippen LogP contribution in [0.25, 0.3) is 11.1 Å². The second-order valence-electron chi connectivity index (χ2n) is 7.78. The van der Waals surface area contributed by atoms with Crippen molar-refractivity contribution in [1.82, 2.24) is 4.98 Å². The summed E-state index contributed by atoms with van der Waals surface area (Å²) in [7, 11) is 0. The quantitative estimate of drug-likeness (QED) is 0.261. The van der Waals surface area contributed by atoms with E-state index in [0.29, 0.717) is 11.1 Å². The van der Waals surface area contributed by atoms with Crippen LogP contribution in [0.4, 0.5) is 13.2 Å². The largest absolute Gasteiger partial charge is 0.483 e. The molecule has 3 aromatic carbocycles. The van der Waals surface area contributed by atoms with E-state index in [9.17, 15) is 18.4 Å². The molecule has 4 aromatic rings. The van der Waals surface area contributed by atoms with Crippen LogP contribution >= 0.6 is 0 Å². The van der Waals surface area contributed by atoms with Crippen molar-refractivity contribution in [2.75, 3.05) is 6.61 Å². The van der Waals surface area contributed by atoms with E-state index in [4.69, 9.17) is 14.2 Å². The summed E-state index contributed by atoms with van der Waals surface area (Å²) in [5.74, 6) is 0.346. The minimum absolute atomic E-state index is 0.101. The molecule has 36 heavy (non-hydrogen) atoms. The molecule has 0 N–H and O–H groups in total. The normalized spacial score (nSPS) is 10.9. The summed E-state index contributed by atoms with van der Waals surface area (Å²) in [4.78, 5) is 4.48. The van der Waals surface area contributed by atoms with Crippen LogP contribution in [0.2, 0.25) is 0 Å². The number of alkyl halides is 3. The Morgan fingerprint density at radius 1 is 0.722 bits per heavy atom. The van der Waals surface area contributed by atoms with Crippen LogP contribution in [0.1, 0.15) is 16.7 Å². The Morgan fingerprint density at radius 3 is 1.94 bits per heavy atom. The van der Waals surface area contributed by atoms with E-state index in [1.165, 1.54) is 18.2 Å². The first-order valence-electron chi connectivity index (χ1n) is 11.0. The molecular formula is C28H21F3N2O3.